The van der Waals surface area contributed by atoms with E-state index in [0.717, 1.165) is 67.2 Å². The largest absolute Gasteiger partial charge is 0.310 e. The molecule has 0 saturated carbocycles. The van der Waals surface area contributed by atoms with Crippen molar-refractivity contribution in [1.82, 2.24) is 4.57 Å². The third kappa shape index (κ3) is 8.51. The molecule has 0 fully saturated rings. The molecule has 12 rings (SSSR count). The van der Waals surface area contributed by atoms with Crippen LogP contribution in [-0.4, -0.2) is 4.57 Å². The van der Waals surface area contributed by atoms with Crippen molar-refractivity contribution in [3.63, 3.8) is 0 Å². The standard InChI is InChI=1S/C75H58N2/c1-5-25-61(26-6-2)76(62-44-41-56(42-45-62)54(8-4)49-53(7-3)55-27-12-9-13-28-55)63-34-24-29-57(50-63)65-35-18-19-36-66(65)58-43-47-69-68-38-21-23-40-73(68)77(74(69)51-58)64-46-48-72-70(52-64)67-37-20-22-39-71(67)75(72,59-30-14-10-15-31-59)60-32-16-11-17-33-60/h5-52H,1,4H2,2-3H3/b26-6-,53-7+,54-49+,61-25+. The minimum absolute atomic E-state index is 0.466. The first-order chi connectivity index (χ1) is 38.0. The van der Waals surface area contributed by atoms with E-state index in [4.69, 9.17) is 0 Å². The topological polar surface area (TPSA) is 8.17 Å². The van der Waals surface area contributed by atoms with Crippen LogP contribution in [0.5, 0.6) is 0 Å². The lowest BCUT2D eigenvalue weighted by Crippen LogP contribution is -2.28. The normalized spacial score (nSPS) is 13.2. The first-order valence-electron chi connectivity index (χ1n) is 26.5. The monoisotopic (exact) mass is 986 g/mol. The third-order valence-electron chi connectivity index (χ3n) is 15.3. The number of nitrogens with zero attached hydrogens (tertiary/aromatic N) is 2. The van der Waals surface area contributed by atoms with E-state index >= 15 is 0 Å². The van der Waals surface area contributed by atoms with Gasteiger partial charge in [0, 0.05) is 33.5 Å². The second kappa shape index (κ2) is 20.9. The summed E-state index contributed by atoms with van der Waals surface area (Å²) in [4.78, 5) is 2.31. The van der Waals surface area contributed by atoms with Gasteiger partial charge in [-0.05, 0) is 159 Å². The lowest BCUT2D eigenvalue weighted by molar-refractivity contribution is 0.768. The van der Waals surface area contributed by atoms with Gasteiger partial charge in [0.1, 0.15) is 0 Å². The molecule has 0 amide bonds. The minimum atomic E-state index is -0.466. The Balaban J connectivity index is 0.960. The summed E-state index contributed by atoms with van der Waals surface area (Å²) < 4.78 is 2.47. The van der Waals surface area contributed by atoms with Crippen molar-refractivity contribution in [3.05, 3.63) is 343 Å². The van der Waals surface area contributed by atoms with Crippen LogP contribution in [0.3, 0.4) is 0 Å². The Morgan fingerprint density at radius 1 is 0.455 bits per heavy atom. The Hall–Kier alpha value is -9.76. The van der Waals surface area contributed by atoms with E-state index in [1.807, 2.05) is 18.2 Å². The average molecular weight is 987 g/mol. The Bertz CT molecular complexity index is 4090. The number of para-hydroxylation sites is 1. The predicted octanol–water partition coefficient (Wildman–Crippen LogP) is 19.9. The van der Waals surface area contributed by atoms with E-state index in [2.05, 4.69) is 310 Å². The van der Waals surface area contributed by atoms with Gasteiger partial charge in [-0.1, -0.05) is 238 Å². The zero-order valence-corrected chi connectivity index (χ0v) is 43.5. The third-order valence-corrected chi connectivity index (χ3v) is 15.3. The van der Waals surface area contributed by atoms with Crippen LogP contribution in [0, 0.1) is 0 Å². The highest BCUT2D eigenvalue weighted by Crippen LogP contribution is 2.56. The van der Waals surface area contributed by atoms with Crippen molar-refractivity contribution in [2.75, 3.05) is 4.90 Å². The van der Waals surface area contributed by atoms with Gasteiger partial charge in [-0.15, -0.1) is 0 Å². The van der Waals surface area contributed by atoms with Crippen molar-refractivity contribution in [3.8, 4) is 39.1 Å². The molecule has 1 aliphatic rings. The molecule has 10 aromatic carbocycles. The van der Waals surface area contributed by atoms with Crippen LogP contribution in [0.2, 0.25) is 0 Å². The maximum absolute atomic E-state index is 4.21. The van der Waals surface area contributed by atoms with E-state index in [1.54, 1.807) is 0 Å². The summed E-state index contributed by atoms with van der Waals surface area (Å²) in [5, 5.41) is 2.44. The molecule has 0 bridgehead atoms. The van der Waals surface area contributed by atoms with Gasteiger partial charge < -0.3 is 9.47 Å². The van der Waals surface area contributed by atoms with Crippen LogP contribution in [0.4, 0.5) is 11.4 Å². The van der Waals surface area contributed by atoms with E-state index in [0.29, 0.717) is 0 Å². The zero-order chi connectivity index (χ0) is 52.3. The summed E-state index contributed by atoms with van der Waals surface area (Å²) in [6, 6.07) is 91.0. The summed E-state index contributed by atoms with van der Waals surface area (Å²) in [5.74, 6) is 0. The van der Waals surface area contributed by atoms with Crippen molar-refractivity contribution in [2.24, 2.45) is 0 Å². The number of hydrogen-bond donors (Lipinski definition) is 0. The van der Waals surface area contributed by atoms with Crippen LogP contribution >= 0.6 is 0 Å². The Kier molecular flexibility index (Phi) is 13.1. The number of rotatable bonds is 14. The molecule has 2 nitrogen and oxygen atoms in total. The Morgan fingerprint density at radius 2 is 1.05 bits per heavy atom. The number of benzene rings is 10. The maximum Gasteiger partial charge on any atom is 0.0713 e. The highest BCUT2D eigenvalue weighted by molar-refractivity contribution is 6.11. The van der Waals surface area contributed by atoms with Crippen LogP contribution in [-0.2, 0) is 5.41 Å². The Labute approximate surface area is 453 Å². The predicted molar refractivity (Wildman–Crippen MR) is 329 cm³/mol. The first-order valence-corrected chi connectivity index (χ1v) is 26.5. The highest BCUT2D eigenvalue weighted by atomic mass is 15.1. The van der Waals surface area contributed by atoms with Gasteiger partial charge in [0.2, 0.25) is 0 Å². The fourth-order valence-electron chi connectivity index (χ4n) is 11.9. The molecule has 77 heavy (non-hydrogen) atoms. The summed E-state index contributed by atoms with van der Waals surface area (Å²) in [6.07, 6.45) is 14.4. The molecule has 0 aliphatic heterocycles. The summed E-state index contributed by atoms with van der Waals surface area (Å²) >= 11 is 0. The molecule has 0 N–H and O–H groups in total. The Morgan fingerprint density at radius 3 is 1.73 bits per heavy atom. The molecule has 0 unspecified atom stereocenters. The molecule has 368 valence electrons. The van der Waals surface area contributed by atoms with E-state index in [9.17, 15) is 0 Å². The lowest BCUT2D eigenvalue weighted by atomic mass is 9.68. The van der Waals surface area contributed by atoms with Gasteiger partial charge in [0.05, 0.1) is 16.4 Å². The fourth-order valence-corrected chi connectivity index (χ4v) is 11.9. The van der Waals surface area contributed by atoms with Gasteiger partial charge in [-0.25, -0.2) is 0 Å². The number of anilines is 2. The zero-order valence-electron chi connectivity index (χ0n) is 43.5. The quantitative estimate of drug-likeness (QED) is 0.0986. The molecule has 1 aliphatic carbocycles. The van der Waals surface area contributed by atoms with Crippen molar-refractivity contribution < 1.29 is 0 Å². The van der Waals surface area contributed by atoms with Gasteiger partial charge in [-0.3, -0.25) is 0 Å². The van der Waals surface area contributed by atoms with Crippen LogP contribution < -0.4 is 4.90 Å². The smallest absolute Gasteiger partial charge is 0.0713 e. The molecule has 1 aromatic heterocycles. The van der Waals surface area contributed by atoms with Crippen LogP contribution in [0.1, 0.15) is 47.2 Å². The lowest BCUT2D eigenvalue weighted by Gasteiger charge is -2.33. The number of allylic oxidation sites excluding steroid dienone is 9. The summed E-state index contributed by atoms with van der Waals surface area (Å²) in [5.41, 5.74) is 22.7. The van der Waals surface area contributed by atoms with Crippen molar-refractivity contribution in [1.29, 1.82) is 0 Å². The van der Waals surface area contributed by atoms with Gasteiger partial charge in [0.15, 0.2) is 0 Å². The van der Waals surface area contributed by atoms with Gasteiger partial charge in [0.25, 0.3) is 0 Å². The number of fused-ring (bicyclic) bond motifs is 6. The fraction of sp³-hybridized carbons (Fsp3) is 0.0400. The molecule has 0 saturated heterocycles. The van der Waals surface area contributed by atoms with Crippen LogP contribution in [0.25, 0.3) is 72.0 Å². The molecule has 0 atom stereocenters. The van der Waals surface area contributed by atoms with Gasteiger partial charge in [-0.2, -0.15) is 0 Å². The van der Waals surface area contributed by atoms with E-state index < -0.39 is 5.41 Å². The highest BCUT2D eigenvalue weighted by Gasteiger charge is 2.46. The second-order valence-electron chi connectivity index (χ2n) is 19.6. The second-order valence-corrected chi connectivity index (χ2v) is 19.6. The molecular weight excluding hydrogens is 929 g/mol. The summed E-state index contributed by atoms with van der Waals surface area (Å²) in [7, 11) is 0. The molecule has 11 aromatic rings. The first kappa shape index (κ1) is 48.2. The maximum atomic E-state index is 4.21. The van der Waals surface area contributed by atoms with E-state index in [-0.39, 0.29) is 0 Å². The number of hydrogen-bond acceptors (Lipinski definition) is 1. The molecule has 1 heterocycles. The van der Waals surface area contributed by atoms with Crippen molar-refractivity contribution in [2.45, 2.75) is 19.3 Å². The molecule has 0 radical (unpaired) electrons. The van der Waals surface area contributed by atoms with Gasteiger partial charge >= 0.3 is 0 Å². The summed E-state index contributed by atoms with van der Waals surface area (Å²) in [6.45, 7) is 12.5. The number of aromatic nitrogens is 1. The molecule has 2 heteroatoms. The minimum Gasteiger partial charge on any atom is -0.310 e. The van der Waals surface area contributed by atoms with E-state index in [1.165, 1.54) is 55.2 Å². The van der Waals surface area contributed by atoms with Crippen molar-refractivity contribution >= 4 is 44.3 Å². The van der Waals surface area contributed by atoms with Crippen LogP contribution in [0.15, 0.2) is 310 Å². The molecular formula is C75H58N2. The SMILES string of the molecule is C=C/C=C(\C=C/C)N(c1ccc(/C(C=C)=C/C(=C\C)c2ccccc2)cc1)c1cccc(-c2ccccc2-c2ccc3c4ccccc4n(-c4ccc5c(c4)-c4ccccc4C5(c4ccccc4)c4ccccc4)c3c2)c1. The average Bonchev–Trinajstić information content (AvgIpc) is 4.02. The molecule has 0 spiro atoms.